The van der Waals surface area contributed by atoms with E-state index >= 15 is 0 Å². The van der Waals surface area contributed by atoms with Crippen LogP contribution < -0.4 is 16.6 Å². The van der Waals surface area contributed by atoms with Crippen molar-refractivity contribution < 1.29 is 10.6 Å². The molecule has 124 valence electrons. The number of halogens is 1. The Morgan fingerprint density at radius 1 is 1.36 bits per heavy atom. The van der Waals surface area contributed by atoms with E-state index in [4.69, 9.17) is 0 Å². The zero-order valence-electron chi connectivity index (χ0n) is 12.8. The number of nitrogens with one attached hydrogen (secondary N) is 1. The van der Waals surface area contributed by atoms with Gasteiger partial charge in [-0.3, -0.25) is 9.36 Å². The molecule has 1 aromatic rings. The summed E-state index contributed by atoms with van der Waals surface area (Å²) >= 11 is 0. The van der Waals surface area contributed by atoms with Crippen LogP contribution in [0.3, 0.4) is 0 Å². The van der Waals surface area contributed by atoms with Gasteiger partial charge in [-0.2, -0.15) is 4.39 Å². The van der Waals surface area contributed by atoms with Crippen molar-refractivity contribution in [3.05, 3.63) is 32.9 Å². The summed E-state index contributed by atoms with van der Waals surface area (Å²) in [6.07, 6.45) is 6.48. The Labute approximate surface area is 129 Å². The van der Waals surface area contributed by atoms with E-state index in [9.17, 15) is 18.8 Å². The SMILES string of the molecule is CCCCCCNC(=O)n1cc(F)c(=O)n(CC2CC2)c1=O.[HH]. The quantitative estimate of drug-likeness (QED) is 0.782. The van der Waals surface area contributed by atoms with E-state index in [1.165, 1.54) is 0 Å². The predicted octanol–water partition coefficient (Wildman–Crippen LogP) is 1.94. The molecule has 1 amide bonds. The maximum absolute atomic E-state index is 13.7. The topological polar surface area (TPSA) is 73.1 Å². The number of rotatable bonds is 7. The Morgan fingerprint density at radius 2 is 2.09 bits per heavy atom. The molecular formula is C15H24FN3O3. The fourth-order valence-electron chi connectivity index (χ4n) is 2.27. The maximum Gasteiger partial charge on any atom is 0.339 e. The number of carbonyl (C=O) groups is 1. The number of nitrogens with zero attached hydrogens (tertiary/aromatic N) is 2. The molecule has 0 unspecified atom stereocenters. The molecule has 0 aliphatic heterocycles. The van der Waals surface area contributed by atoms with Gasteiger partial charge in [0.2, 0.25) is 5.82 Å². The van der Waals surface area contributed by atoms with Crippen LogP contribution in [-0.4, -0.2) is 21.7 Å². The van der Waals surface area contributed by atoms with E-state index in [0.717, 1.165) is 43.1 Å². The summed E-state index contributed by atoms with van der Waals surface area (Å²) in [5.41, 5.74) is -1.73. The van der Waals surface area contributed by atoms with Crippen LogP contribution in [0.5, 0.6) is 0 Å². The minimum atomic E-state index is -1.08. The van der Waals surface area contributed by atoms with Gasteiger partial charge < -0.3 is 5.32 Å². The van der Waals surface area contributed by atoms with Crippen molar-refractivity contribution in [3.63, 3.8) is 0 Å². The van der Waals surface area contributed by atoms with Gasteiger partial charge >= 0.3 is 11.7 Å². The second-order valence-electron chi connectivity index (χ2n) is 5.78. The Balaban J connectivity index is 0.00000264. The minimum absolute atomic E-state index is 0. The zero-order valence-corrected chi connectivity index (χ0v) is 12.8. The summed E-state index contributed by atoms with van der Waals surface area (Å²) < 4.78 is 15.1. The van der Waals surface area contributed by atoms with Crippen molar-refractivity contribution in [2.75, 3.05) is 6.54 Å². The van der Waals surface area contributed by atoms with Crippen LogP contribution in [0.15, 0.2) is 15.8 Å². The molecule has 22 heavy (non-hydrogen) atoms. The van der Waals surface area contributed by atoms with Crippen LogP contribution in [0.1, 0.15) is 46.9 Å². The van der Waals surface area contributed by atoms with Gasteiger partial charge in [-0.15, -0.1) is 0 Å². The highest BCUT2D eigenvalue weighted by Crippen LogP contribution is 2.29. The van der Waals surface area contributed by atoms with Gasteiger partial charge in [-0.1, -0.05) is 26.2 Å². The third-order valence-corrected chi connectivity index (χ3v) is 3.79. The molecule has 7 heteroatoms. The number of carbonyl (C=O) groups excluding carboxylic acids is 1. The molecule has 0 saturated heterocycles. The highest BCUT2D eigenvalue weighted by Gasteiger charge is 2.25. The first kappa shape index (κ1) is 16.5. The lowest BCUT2D eigenvalue weighted by atomic mass is 10.2. The van der Waals surface area contributed by atoms with Gasteiger partial charge in [-0.25, -0.2) is 14.2 Å². The number of amides is 1. The molecule has 1 heterocycles. The lowest BCUT2D eigenvalue weighted by Gasteiger charge is -2.10. The van der Waals surface area contributed by atoms with Gasteiger partial charge in [0.05, 0.1) is 6.20 Å². The molecule has 1 saturated carbocycles. The Bertz CT molecular complexity index is 652. The third kappa shape index (κ3) is 4.05. The van der Waals surface area contributed by atoms with E-state index in [-0.39, 0.29) is 13.9 Å². The smallest absolute Gasteiger partial charge is 0.337 e. The first-order valence-corrected chi connectivity index (χ1v) is 7.84. The van der Waals surface area contributed by atoms with E-state index in [1.54, 1.807) is 0 Å². The Kier molecular flexibility index (Phi) is 5.51. The molecule has 0 atom stereocenters. The third-order valence-electron chi connectivity index (χ3n) is 3.79. The number of unbranched alkanes of at least 4 members (excludes halogenated alkanes) is 3. The molecule has 1 fully saturated rings. The highest BCUT2D eigenvalue weighted by molar-refractivity contribution is 5.76. The van der Waals surface area contributed by atoms with Gasteiger partial charge in [0.1, 0.15) is 0 Å². The van der Waals surface area contributed by atoms with Crippen LogP contribution in [-0.2, 0) is 6.54 Å². The number of aromatic nitrogens is 2. The fraction of sp³-hybridized carbons (Fsp3) is 0.667. The van der Waals surface area contributed by atoms with Crippen molar-refractivity contribution in [2.24, 2.45) is 5.92 Å². The second-order valence-corrected chi connectivity index (χ2v) is 5.78. The fourth-order valence-corrected chi connectivity index (χ4v) is 2.27. The largest absolute Gasteiger partial charge is 0.339 e. The summed E-state index contributed by atoms with van der Waals surface area (Å²) in [5.74, 6) is -0.848. The molecule has 0 radical (unpaired) electrons. The first-order chi connectivity index (χ1) is 10.5. The maximum atomic E-state index is 13.7. The van der Waals surface area contributed by atoms with Gasteiger partial charge in [0.15, 0.2) is 0 Å². The molecule has 1 aliphatic rings. The van der Waals surface area contributed by atoms with Gasteiger partial charge in [0, 0.05) is 14.5 Å². The van der Waals surface area contributed by atoms with Crippen molar-refractivity contribution in [1.82, 2.24) is 14.5 Å². The summed E-state index contributed by atoms with van der Waals surface area (Å²) in [5, 5.41) is 2.58. The molecule has 2 rings (SSSR count). The average molecular weight is 313 g/mol. The van der Waals surface area contributed by atoms with Crippen molar-refractivity contribution in [1.29, 1.82) is 0 Å². The normalized spacial score (nSPS) is 14.1. The van der Waals surface area contributed by atoms with Crippen molar-refractivity contribution in [2.45, 2.75) is 52.0 Å². The molecule has 1 N–H and O–H groups in total. The van der Waals surface area contributed by atoms with Gasteiger partial charge in [0.25, 0.3) is 5.56 Å². The van der Waals surface area contributed by atoms with Crippen LogP contribution >= 0.6 is 0 Å². The molecule has 1 aromatic heterocycles. The summed E-state index contributed by atoms with van der Waals surface area (Å²) in [6.45, 7) is 2.69. The monoisotopic (exact) mass is 313 g/mol. The molecular weight excluding hydrogens is 289 g/mol. The number of hydrogen-bond acceptors (Lipinski definition) is 3. The Morgan fingerprint density at radius 3 is 2.73 bits per heavy atom. The molecule has 0 aromatic carbocycles. The van der Waals surface area contributed by atoms with Gasteiger partial charge in [-0.05, 0) is 25.2 Å². The Hall–Kier alpha value is -1.92. The molecule has 6 nitrogen and oxygen atoms in total. The summed E-state index contributed by atoms with van der Waals surface area (Å²) in [6, 6.07) is -0.690. The highest BCUT2D eigenvalue weighted by atomic mass is 19.1. The van der Waals surface area contributed by atoms with E-state index < -0.39 is 23.1 Å². The van der Waals surface area contributed by atoms with E-state index in [2.05, 4.69) is 12.2 Å². The lowest BCUT2D eigenvalue weighted by molar-refractivity contribution is 0.239. The lowest BCUT2D eigenvalue weighted by Crippen LogP contribution is -2.46. The van der Waals surface area contributed by atoms with E-state index in [1.807, 2.05) is 0 Å². The molecule has 1 aliphatic carbocycles. The first-order valence-electron chi connectivity index (χ1n) is 7.84. The average Bonchev–Trinajstić information content (AvgIpc) is 3.31. The van der Waals surface area contributed by atoms with Crippen molar-refractivity contribution in [3.8, 4) is 0 Å². The molecule has 0 spiro atoms. The predicted molar refractivity (Wildman–Crippen MR) is 82.7 cm³/mol. The van der Waals surface area contributed by atoms with Crippen LogP contribution in [0.4, 0.5) is 9.18 Å². The standard InChI is InChI=1S/C15H22FN3O3.H2/c1-2-3-4-5-8-17-14(21)19-10-12(16)13(20)18(15(19)22)9-11-6-7-11;/h10-11H,2-9H2,1H3,(H,17,21);1H. The second kappa shape index (κ2) is 7.38. The van der Waals surface area contributed by atoms with E-state index in [0.29, 0.717) is 17.3 Å². The van der Waals surface area contributed by atoms with Crippen LogP contribution in [0, 0.1) is 11.7 Å². The van der Waals surface area contributed by atoms with Crippen LogP contribution in [0.2, 0.25) is 0 Å². The van der Waals surface area contributed by atoms with Crippen molar-refractivity contribution >= 4 is 6.03 Å². The number of hydrogen-bond donors (Lipinski definition) is 1. The summed E-state index contributed by atoms with van der Waals surface area (Å²) in [4.78, 5) is 35.9. The molecule has 0 bridgehead atoms. The summed E-state index contributed by atoms with van der Waals surface area (Å²) in [7, 11) is 0. The zero-order chi connectivity index (χ0) is 16.1. The minimum Gasteiger partial charge on any atom is -0.337 e. The van der Waals surface area contributed by atoms with Crippen LogP contribution in [0.25, 0.3) is 0 Å².